The highest BCUT2D eigenvalue weighted by Crippen LogP contribution is 2.31. The van der Waals surface area contributed by atoms with Crippen molar-refractivity contribution in [2.45, 2.75) is 6.92 Å². The van der Waals surface area contributed by atoms with Crippen molar-refractivity contribution in [3.63, 3.8) is 0 Å². The molecule has 3 N–H and O–H groups in total. The summed E-state index contributed by atoms with van der Waals surface area (Å²) in [4.78, 5) is 0. The first-order valence-corrected chi connectivity index (χ1v) is 3.83. The van der Waals surface area contributed by atoms with Gasteiger partial charge in [0, 0.05) is 0 Å². The Bertz CT molecular complexity index is 273. The van der Waals surface area contributed by atoms with Crippen LogP contribution in [0.15, 0.2) is 12.1 Å². The maximum absolute atomic E-state index is 5.83. The van der Waals surface area contributed by atoms with Gasteiger partial charge in [-0.1, -0.05) is 29.3 Å². The molecule has 0 spiro atoms. The van der Waals surface area contributed by atoms with Gasteiger partial charge >= 0.3 is 0 Å². The monoisotopic (exact) mass is 190 g/mol. The van der Waals surface area contributed by atoms with E-state index < -0.39 is 0 Å². The summed E-state index contributed by atoms with van der Waals surface area (Å²) in [5, 5.41) is 1.01. The Labute approximate surface area is 75.3 Å². The van der Waals surface area contributed by atoms with Crippen molar-refractivity contribution in [1.82, 2.24) is 0 Å². The van der Waals surface area contributed by atoms with Crippen molar-refractivity contribution in [3.8, 4) is 0 Å². The van der Waals surface area contributed by atoms with Gasteiger partial charge < -0.3 is 5.43 Å². The number of nitrogens with one attached hydrogen (secondary N) is 1. The highest BCUT2D eigenvalue weighted by molar-refractivity contribution is 6.44. The predicted molar refractivity (Wildman–Crippen MR) is 49.0 cm³/mol. The van der Waals surface area contributed by atoms with E-state index >= 15 is 0 Å². The molecular weight excluding hydrogens is 183 g/mol. The summed E-state index contributed by atoms with van der Waals surface area (Å²) in [5.41, 5.74) is 4.03. The van der Waals surface area contributed by atoms with E-state index in [1.807, 2.05) is 13.0 Å². The SMILES string of the molecule is Cc1ccc(NN)c(Cl)c1Cl. The topological polar surface area (TPSA) is 38.0 Å². The summed E-state index contributed by atoms with van der Waals surface area (Å²) in [6.07, 6.45) is 0. The number of nitrogen functional groups attached to an aromatic ring is 1. The lowest BCUT2D eigenvalue weighted by atomic mass is 10.2. The molecule has 0 radical (unpaired) electrons. The lowest BCUT2D eigenvalue weighted by Crippen LogP contribution is -2.07. The molecule has 0 aliphatic heterocycles. The number of hydrogen-bond donors (Lipinski definition) is 2. The lowest BCUT2D eigenvalue weighted by molar-refractivity contribution is 1.34. The first-order valence-electron chi connectivity index (χ1n) is 3.08. The minimum Gasteiger partial charge on any atom is -0.323 e. The summed E-state index contributed by atoms with van der Waals surface area (Å²) in [7, 11) is 0. The highest BCUT2D eigenvalue weighted by atomic mass is 35.5. The van der Waals surface area contributed by atoms with E-state index in [-0.39, 0.29) is 0 Å². The maximum Gasteiger partial charge on any atom is 0.0839 e. The van der Waals surface area contributed by atoms with Crippen molar-refractivity contribution in [2.75, 3.05) is 5.43 Å². The Balaban J connectivity index is 3.25. The fraction of sp³-hybridized carbons (Fsp3) is 0.143. The van der Waals surface area contributed by atoms with E-state index in [0.29, 0.717) is 15.7 Å². The molecule has 0 aliphatic carbocycles. The van der Waals surface area contributed by atoms with Crippen molar-refractivity contribution in [2.24, 2.45) is 5.84 Å². The van der Waals surface area contributed by atoms with Crippen LogP contribution in [0.1, 0.15) is 5.56 Å². The van der Waals surface area contributed by atoms with Crippen LogP contribution >= 0.6 is 23.2 Å². The molecule has 4 heteroatoms. The van der Waals surface area contributed by atoms with Crippen molar-refractivity contribution in [1.29, 1.82) is 0 Å². The van der Waals surface area contributed by atoms with E-state index in [2.05, 4.69) is 5.43 Å². The van der Waals surface area contributed by atoms with E-state index in [1.165, 1.54) is 0 Å². The number of halogens is 2. The van der Waals surface area contributed by atoms with E-state index in [9.17, 15) is 0 Å². The molecule has 1 rings (SSSR count). The van der Waals surface area contributed by atoms with Crippen LogP contribution in [0.4, 0.5) is 5.69 Å². The standard InChI is InChI=1S/C7H8Cl2N2/c1-4-2-3-5(11-10)7(9)6(4)8/h2-3,11H,10H2,1H3. The first kappa shape index (κ1) is 8.65. The largest absolute Gasteiger partial charge is 0.323 e. The van der Waals surface area contributed by atoms with Gasteiger partial charge in [-0.15, -0.1) is 0 Å². The summed E-state index contributed by atoms with van der Waals surface area (Å²) < 4.78 is 0. The first-order chi connectivity index (χ1) is 5.16. The fourth-order valence-electron chi connectivity index (χ4n) is 0.757. The second-order valence-corrected chi connectivity index (χ2v) is 2.96. The van der Waals surface area contributed by atoms with E-state index in [1.54, 1.807) is 6.07 Å². The van der Waals surface area contributed by atoms with Crippen LogP contribution in [0.25, 0.3) is 0 Å². The average Bonchev–Trinajstić information content (AvgIpc) is 2.01. The number of hydrazine groups is 1. The van der Waals surface area contributed by atoms with Gasteiger partial charge in [0.25, 0.3) is 0 Å². The predicted octanol–water partition coefficient (Wildman–Crippen LogP) is 2.59. The Morgan fingerprint density at radius 2 is 1.91 bits per heavy atom. The highest BCUT2D eigenvalue weighted by Gasteiger charge is 2.04. The number of hydrogen-bond acceptors (Lipinski definition) is 2. The Hall–Kier alpha value is -0.440. The Morgan fingerprint density at radius 1 is 1.27 bits per heavy atom. The van der Waals surface area contributed by atoms with Crippen LogP contribution in [0, 0.1) is 6.92 Å². The molecule has 0 unspecified atom stereocenters. The second-order valence-electron chi connectivity index (χ2n) is 2.20. The van der Waals surface area contributed by atoms with E-state index in [0.717, 1.165) is 5.56 Å². The zero-order chi connectivity index (χ0) is 8.43. The number of nitrogens with two attached hydrogens (primary N) is 1. The third-order valence-electron chi connectivity index (χ3n) is 1.43. The van der Waals surface area contributed by atoms with Crippen LogP contribution in [0.2, 0.25) is 10.0 Å². The Morgan fingerprint density at radius 3 is 2.45 bits per heavy atom. The molecule has 1 aromatic rings. The lowest BCUT2D eigenvalue weighted by Gasteiger charge is -2.05. The third-order valence-corrected chi connectivity index (χ3v) is 2.41. The van der Waals surface area contributed by atoms with Crippen LogP contribution in [-0.2, 0) is 0 Å². The minimum atomic E-state index is 0.467. The van der Waals surface area contributed by atoms with E-state index in [4.69, 9.17) is 29.0 Å². The molecular formula is C7H8Cl2N2. The van der Waals surface area contributed by atoms with Gasteiger partial charge in [-0.3, -0.25) is 5.84 Å². The summed E-state index contributed by atoms with van der Waals surface area (Å²) in [6.45, 7) is 1.88. The second kappa shape index (κ2) is 3.30. The molecule has 0 amide bonds. The number of anilines is 1. The van der Waals surface area contributed by atoms with Gasteiger partial charge in [-0.25, -0.2) is 0 Å². The zero-order valence-electron chi connectivity index (χ0n) is 5.99. The van der Waals surface area contributed by atoms with Crippen LogP contribution < -0.4 is 11.3 Å². The molecule has 0 saturated heterocycles. The number of benzene rings is 1. The fourth-order valence-corrected chi connectivity index (χ4v) is 1.19. The Kier molecular flexibility index (Phi) is 2.60. The average molecular weight is 191 g/mol. The summed E-state index contributed by atoms with van der Waals surface area (Å²) in [5.74, 6) is 5.18. The smallest absolute Gasteiger partial charge is 0.0839 e. The summed E-state index contributed by atoms with van der Waals surface area (Å²) >= 11 is 11.7. The van der Waals surface area contributed by atoms with Gasteiger partial charge in [-0.2, -0.15) is 0 Å². The van der Waals surface area contributed by atoms with Crippen LogP contribution in [0.5, 0.6) is 0 Å². The van der Waals surface area contributed by atoms with Gasteiger partial charge in [0.05, 0.1) is 15.7 Å². The molecule has 0 atom stereocenters. The number of aryl methyl sites for hydroxylation is 1. The third kappa shape index (κ3) is 1.59. The number of rotatable bonds is 1. The van der Waals surface area contributed by atoms with Crippen molar-refractivity contribution < 1.29 is 0 Å². The molecule has 2 nitrogen and oxygen atoms in total. The molecule has 11 heavy (non-hydrogen) atoms. The van der Waals surface area contributed by atoms with Crippen LogP contribution in [0.3, 0.4) is 0 Å². The molecule has 0 saturated carbocycles. The van der Waals surface area contributed by atoms with Crippen molar-refractivity contribution >= 4 is 28.9 Å². The maximum atomic E-state index is 5.83. The van der Waals surface area contributed by atoms with Gasteiger partial charge in [0.15, 0.2) is 0 Å². The molecule has 0 bridgehead atoms. The summed E-state index contributed by atoms with van der Waals surface area (Å²) in [6, 6.07) is 3.63. The zero-order valence-corrected chi connectivity index (χ0v) is 7.50. The molecule has 0 aliphatic rings. The van der Waals surface area contributed by atoms with Crippen LogP contribution in [-0.4, -0.2) is 0 Å². The molecule has 0 aromatic heterocycles. The molecule has 0 fully saturated rings. The van der Waals surface area contributed by atoms with Gasteiger partial charge in [0.1, 0.15) is 0 Å². The normalized spacial score (nSPS) is 9.82. The van der Waals surface area contributed by atoms with Gasteiger partial charge in [0.2, 0.25) is 0 Å². The van der Waals surface area contributed by atoms with Crippen molar-refractivity contribution in [3.05, 3.63) is 27.7 Å². The molecule has 0 heterocycles. The minimum absolute atomic E-state index is 0.467. The molecule has 60 valence electrons. The van der Waals surface area contributed by atoms with Gasteiger partial charge in [-0.05, 0) is 18.6 Å². The molecule has 1 aromatic carbocycles. The quantitative estimate of drug-likeness (QED) is 0.528.